The predicted molar refractivity (Wildman–Crippen MR) is 289 cm³/mol. The monoisotopic (exact) mass is 1040 g/mol. The standard InChI is InChI=1S/C59H104O14/c1-3-5-7-9-11-13-15-17-19-21-23-25-27-29-31-33-35-37-39-41-43-68-45-48(71-51(61)42-40-38-36-34-32-30-28-26-24-22-20-18-16-14-12-10-8-6-4-2)46-69-58-57(67)55(65)53(63)50(73-58)47-70-59-56(66)54(64)52(62)49(44-60)72-59/h6,8,12,14,18,20,24,26,30,32,48-50,52-60,62-67H,3-5,7,9-11,13,15-17,19,21-23,25,27-29,31,33-47H2,1-2H3/b8-6-,14-12-,20-18-,26-24-,32-30-. The average Bonchev–Trinajstić information content (AvgIpc) is 3.39. The molecule has 2 fully saturated rings. The van der Waals surface area contributed by atoms with E-state index in [1.165, 1.54) is 109 Å². The molecule has 0 aromatic carbocycles. The normalized spacial score (nSPS) is 25.4. The summed E-state index contributed by atoms with van der Waals surface area (Å²) in [5, 5.41) is 72.3. The maximum absolute atomic E-state index is 13.1. The highest BCUT2D eigenvalue weighted by Gasteiger charge is 2.47. The van der Waals surface area contributed by atoms with Gasteiger partial charge in [-0.15, -0.1) is 0 Å². The van der Waals surface area contributed by atoms with E-state index in [9.17, 15) is 40.5 Å². The Bertz CT molecular complexity index is 1440. The summed E-state index contributed by atoms with van der Waals surface area (Å²) in [6.45, 7) is 3.55. The van der Waals surface area contributed by atoms with Crippen molar-refractivity contribution in [3.05, 3.63) is 60.8 Å². The molecule has 0 aliphatic carbocycles. The van der Waals surface area contributed by atoms with Crippen LogP contribution in [-0.4, -0.2) is 142 Å². The molecular weight excluding hydrogens is 933 g/mol. The van der Waals surface area contributed by atoms with Crippen LogP contribution in [0.5, 0.6) is 0 Å². The van der Waals surface area contributed by atoms with Crippen LogP contribution in [0.3, 0.4) is 0 Å². The molecule has 73 heavy (non-hydrogen) atoms. The van der Waals surface area contributed by atoms with Crippen LogP contribution < -0.4 is 0 Å². The topological polar surface area (TPSA) is 214 Å². The molecule has 0 amide bonds. The lowest BCUT2D eigenvalue weighted by Gasteiger charge is -2.42. The first kappa shape index (κ1) is 66.8. The van der Waals surface area contributed by atoms with Crippen LogP contribution in [0, 0.1) is 0 Å². The number of allylic oxidation sites excluding steroid dienone is 10. The van der Waals surface area contributed by atoms with Gasteiger partial charge in [0.1, 0.15) is 54.9 Å². The number of carbonyl (C=O) groups is 1. The highest BCUT2D eigenvalue weighted by molar-refractivity contribution is 5.69. The van der Waals surface area contributed by atoms with Gasteiger partial charge in [-0.2, -0.15) is 0 Å². The van der Waals surface area contributed by atoms with Crippen LogP contribution >= 0.6 is 0 Å². The number of unbranched alkanes of at least 4 members (excludes halogenated alkanes) is 22. The van der Waals surface area contributed by atoms with Crippen molar-refractivity contribution in [3.63, 3.8) is 0 Å². The van der Waals surface area contributed by atoms with Gasteiger partial charge in [0.05, 0.1) is 26.4 Å². The zero-order valence-corrected chi connectivity index (χ0v) is 45.4. The molecule has 0 spiro atoms. The lowest BCUT2D eigenvalue weighted by Crippen LogP contribution is -2.61. The van der Waals surface area contributed by atoms with Crippen molar-refractivity contribution < 1.29 is 69.0 Å². The van der Waals surface area contributed by atoms with Crippen molar-refractivity contribution in [2.24, 2.45) is 0 Å². The van der Waals surface area contributed by atoms with Crippen molar-refractivity contribution in [1.82, 2.24) is 0 Å². The number of ether oxygens (including phenoxy) is 6. The van der Waals surface area contributed by atoms with Gasteiger partial charge in [-0.25, -0.2) is 0 Å². The Morgan fingerprint density at radius 3 is 1.38 bits per heavy atom. The van der Waals surface area contributed by atoms with Gasteiger partial charge in [0, 0.05) is 13.0 Å². The second kappa shape index (κ2) is 45.8. The van der Waals surface area contributed by atoms with Crippen LogP contribution in [0.25, 0.3) is 0 Å². The molecule has 2 saturated heterocycles. The number of esters is 1. The first-order valence-corrected chi connectivity index (χ1v) is 28.9. The van der Waals surface area contributed by atoms with Crippen molar-refractivity contribution >= 4 is 5.97 Å². The third kappa shape index (κ3) is 32.8. The Morgan fingerprint density at radius 2 is 0.890 bits per heavy atom. The molecule has 2 aliphatic rings. The van der Waals surface area contributed by atoms with E-state index in [1.54, 1.807) is 0 Å². The van der Waals surface area contributed by atoms with Gasteiger partial charge >= 0.3 is 5.97 Å². The Hall–Kier alpha value is -2.31. The number of aliphatic hydroxyl groups excluding tert-OH is 7. The molecule has 0 aromatic rings. The largest absolute Gasteiger partial charge is 0.457 e. The minimum Gasteiger partial charge on any atom is -0.457 e. The molecule has 14 heteroatoms. The second-order valence-electron chi connectivity index (χ2n) is 20.1. The first-order chi connectivity index (χ1) is 35.6. The highest BCUT2D eigenvalue weighted by atomic mass is 16.7. The number of rotatable bonds is 46. The van der Waals surface area contributed by atoms with E-state index in [-0.39, 0.29) is 19.6 Å². The van der Waals surface area contributed by atoms with Crippen LogP contribution in [0.1, 0.15) is 206 Å². The fourth-order valence-electron chi connectivity index (χ4n) is 8.90. The van der Waals surface area contributed by atoms with Gasteiger partial charge in [0.25, 0.3) is 0 Å². The van der Waals surface area contributed by atoms with Gasteiger partial charge in [0.15, 0.2) is 12.6 Å². The molecule has 0 aromatic heterocycles. The van der Waals surface area contributed by atoms with Crippen LogP contribution in [0.2, 0.25) is 0 Å². The number of aliphatic hydroxyl groups is 7. The van der Waals surface area contributed by atoms with Crippen molar-refractivity contribution in [1.29, 1.82) is 0 Å². The quantitative estimate of drug-likeness (QED) is 0.0172. The van der Waals surface area contributed by atoms with Crippen LogP contribution in [-0.2, 0) is 33.2 Å². The van der Waals surface area contributed by atoms with Crippen LogP contribution in [0.4, 0.5) is 0 Å². The van der Waals surface area contributed by atoms with Gasteiger partial charge < -0.3 is 64.2 Å². The summed E-state index contributed by atoms with van der Waals surface area (Å²) >= 11 is 0. The Balaban J connectivity index is 1.74. The van der Waals surface area contributed by atoms with Crippen molar-refractivity contribution in [2.75, 3.05) is 33.0 Å². The predicted octanol–water partition coefficient (Wildman–Crippen LogP) is 10.1. The molecular formula is C59H104O14. The molecule has 2 heterocycles. The third-order valence-corrected chi connectivity index (χ3v) is 13.5. The van der Waals surface area contributed by atoms with E-state index in [0.29, 0.717) is 13.0 Å². The molecule has 2 aliphatic heterocycles. The summed E-state index contributed by atoms with van der Waals surface area (Å²) in [6, 6.07) is 0. The SMILES string of the molecule is CC/C=C\C/C=C\C/C=C\C/C=C\C/C=C\CCCCCC(=O)OC(COCCCCCCCCCCCCCCCCCCCCCC)COC1OC(COC2OC(CO)C(O)C(O)C2O)C(O)C(O)C1O. The zero-order chi connectivity index (χ0) is 53.0. The van der Waals surface area contributed by atoms with Crippen molar-refractivity contribution in [3.8, 4) is 0 Å². The molecule has 2 rings (SSSR count). The third-order valence-electron chi connectivity index (χ3n) is 13.5. The van der Waals surface area contributed by atoms with E-state index < -0.39 is 86.7 Å². The van der Waals surface area contributed by atoms with E-state index in [2.05, 4.69) is 74.6 Å². The van der Waals surface area contributed by atoms with Gasteiger partial charge in [0.2, 0.25) is 0 Å². The minimum atomic E-state index is -1.71. The average molecular weight is 1040 g/mol. The fourth-order valence-corrected chi connectivity index (χ4v) is 8.90. The van der Waals surface area contributed by atoms with Crippen molar-refractivity contribution in [2.45, 2.75) is 274 Å². The molecule has 11 unspecified atom stereocenters. The molecule has 424 valence electrons. The second-order valence-corrected chi connectivity index (χ2v) is 20.1. The fraction of sp³-hybridized carbons (Fsp3) is 0.814. The lowest BCUT2D eigenvalue weighted by molar-refractivity contribution is -0.332. The Morgan fingerprint density at radius 1 is 0.466 bits per heavy atom. The summed E-state index contributed by atoms with van der Waals surface area (Å²) < 4.78 is 34.4. The van der Waals surface area contributed by atoms with Crippen LogP contribution in [0.15, 0.2) is 60.8 Å². The zero-order valence-electron chi connectivity index (χ0n) is 45.4. The van der Waals surface area contributed by atoms with E-state index >= 15 is 0 Å². The summed E-state index contributed by atoms with van der Waals surface area (Å²) in [5.41, 5.74) is 0. The smallest absolute Gasteiger partial charge is 0.306 e. The summed E-state index contributed by atoms with van der Waals surface area (Å²) in [5.74, 6) is -0.405. The van der Waals surface area contributed by atoms with E-state index in [4.69, 9.17) is 28.4 Å². The van der Waals surface area contributed by atoms with E-state index in [1.807, 2.05) is 0 Å². The molecule has 0 radical (unpaired) electrons. The van der Waals surface area contributed by atoms with E-state index in [0.717, 1.165) is 70.6 Å². The molecule has 14 nitrogen and oxygen atoms in total. The Labute approximate surface area is 441 Å². The van der Waals surface area contributed by atoms with Gasteiger partial charge in [-0.3, -0.25) is 4.79 Å². The van der Waals surface area contributed by atoms with Gasteiger partial charge in [-0.1, -0.05) is 203 Å². The number of hydrogen-bond acceptors (Lipinski definition) is 14. The number of hydrogen-bond donors (Lipinski definition) is 7. The van der Waals surface area contributed by atoms with Gasteiger partial charge in [-0.05, 0) is 57.8 Å². The Kier molecular flexibility index (Phi) is 42.0. The number of carbonyl (C=O) groups excluding carboxylic acids is 1. The lowest BCUT2D eigenvalue weighted by atomic mass is 9.98. The summed E-state index contributed by atoms with van der Waals surface area (Å²) in [7, 11) is 0. The highest BCUT2D eigenvalue weighted by Crippen LogP contribution is 2.27. The molecule has 11 atom stereocenters. The molecule has 7 N–H and O–H groups in total. The summed E-state index contributed by atoms with van der Waals surface area (Å²) in [4.78, 5) is 13.1. The first-order valence-electron chi connectivity index (χ1n) is 28.9. The maximum atomic E-state index is 13.1. The molecule has 0 bridgehead atoms. The minimum absolute atomic E-state index is 0.0482. The summed E-state index contributed by atoms with van der Waals surface area (Å²) in [6.07, 6.45) is 40.0. The molecule has 0 saturated carbocycles. The maximum Gasteiger partial charge on any atom is 0.306 e.